The number of nitrogens with two attached hydrogens (primary N) is 1. The van der Waals surface area contributed by atoms with Crippen molar-refractivity contribution in [2.75, 3.05) is 19.0 Å². The number of benzene rings is 1. The third-order valence-electron chi connectivity index (χ3n) is 3.73. The maximum atomic E-state index is 11.9. The van der Waals surface area contributed by atoms with Crippen LogP contribution in [-0.2, 0) is 0 Å². The normalized spacial score (nSPS) is 22.1. The molecule has 20 heavy (non-hydrogen) atoms. The van der Waals surface area contributed by atoms with Crippen LogP contribution in [0.3, 0.4) is 0 Å². The number of urea groups is 1. The summed E-state index contributed by atoms with van der Waals surface area (Å²) in [5, 5.41) is 5.72. The van der Waals surface area contributed by atoms with E-state index in [0.717, 1.165) is 25.7 Å². The Bertz CT molecular complexity index is 450. The highest BCUT2D eigenvalue weighted by Gasteiger charge is 2.19. The molecule has 2 rings (SSSR count). The molecule has 0 aliphatic heterocycles. The molecule has 0 saturated heterocycles. The zero-order chi connectivity index (χ0) is 14.4. The lowest BCUT2D eigenvalue weighted by atomic mass is 9.86. The van der Waals surface area contributed by atoms with Gasteiger partial charge in [0.15, 0.2) is 0 Å². The topological polar surface area (TPSA) is 76.4 Å². The van der Waals surface area contributed by atoms with E-state index in [1.54, 1.807) is 7.11 Å². The molecular formula is C15H23N3O2. The van der Waals surface area contributed by atoms with Crippen LogP contribution in [0.25, 0.3) is 0 Å². The van der Waals surface area contributed by atoms with Crippen LogP contribution in [0.1, 0.15) is 25.7 Å². The van der Waals surface area contributed by atoms with Crippen LogP contribution >= 0.6 is 0 Å². The number of methoxy groups -OCH3 is 1. The van der Waals surface area contributed by atoms with Crippen molar-refractivity contribution in [3.05, 3.63) is 24.3 Å². The Morgan fingerprint density at radius 2 is 2.20 bits per heavy atom. The summed E-state index contributed by atoms with van der Waals surface area (Å²) >= 11 is 0. The summed E-state index contributed by atoms with van der Waals surface area (Å²) in [7, 11) is 1.59. The fourth-order valence-electron chi connectivity index (χ4n) is 2.67. The van der Waals surface area contributed by atoms with Crippen molar-refractivity contribution in [1.29, 1.82) is 0 Å². The van der Waals surface area contributed by atoms with E-state index in [4.69, 9.17) is 10.5 Å². The standard InChI is InChI=1S/C15H23N3O2/c1-20-14-8-3-2-7-13(14)18-15(19)17-10-11-5-4-6-12(16)9-11/h2-3,7-8,11-12H,4-6,9-10,16H2,1H3,(H2,17,18,19). The zero-order valence-corrected chi connectivity index (χ0v) is 11.9. The van der Waals surface area contributed by atoms with Gasteiger partial charge >= 0.3 is 6.03 Å². The lowest BCUT2D eigenvalue weighted by Gasteiger charge is -2.26. The Morgan fingerprint density at radius 1 is 1.40 bits per heavy atom. The molecule has 2 atom stereocenters. The maximum absolute atomic E-state index is 11.9. The lowest BCUT2D eigenvalue weighted by Crippen LogP contribution is -2.37. The first-order chi connectivity index (χ1) is 9.69. The van der Waals surface area contributed by atoms with Crippen LogP contribution in [0.4, 0.5) is 10.5 Å². The molecule has 0 radical (unpaired) electrons. The number of hydrogen-bond acceptors (Lipinski definition) is 3. The predicted octanol–water partition coefficient (Wildman–Crippen LogP) is 2.33. The Labute approximate surface area is 119 Å². The van der Waals surface area contributed by atoms with Gasteiger partial charge < -0.3 is 21.1 Å². The highest BCUT2D eigenvalue weighted by molar-refractivity contribution is 5.90. The van der Waals surface area contributed by atoms with Crippen molar-refractivity contribution in [1.82, 2.24) is 5.32 Å². The molecule has 5 nitrogen and oxygen atoms in total. The fraction of sp³-hybridized carbons (Fsp3) is 0.533. The smallest absolute Gasteiger partial charge is 0.319 e. The third-order valence-corrected chi connectivity index (χ3v) is 3.73. The van der Waals surface area contributed by atoms with Gasteiger partial charge in [-0.3, -0.25) is 0 Å². The first kappa shape index (κ1) is 14.7. The van der Waals surface area contributed by atoms with E-state index in [1.807, 2.05) is 24.3 Å². The van der Waals surface area contributed by atoms with Crippen LogP contribution in [0, 0.1) is 5.92 Å². The second-order valence-corrected chi connectivity index (χ2v) is 5.33. The van der Waals surface area contributed by atoms with Crippen LogP contribution in [-0.4, -0.2) is 25.7 Å². The third kappa shape index (κ3) is 4.13. The van der Waals surface area contributed by atoms with E-state index in [2.05, 4.69) is 10.6 Å². The van der Waals surface area contributed by atoms with Gasteiger partial charge in [0.1, 0.15) is 5.75 Å². The number of carbonyl (C=O) groups excluding carboxylic acids is 1. The molecule has 2 amide bonds. The molecule has 1 fully saturated rings. The molecule has 1 aliphatic carbocycles. The van der Waals surface area contributed by atoms with Gasteiger partial charge in [-0.05, 0) is 37.3 Å². The van der Waals surface area contributed by atoms with E-state index in [1.165, 1.54) is 0 Å². The number of nitrogens with one attached hydrogen (secondary N) is 2. The van der Waals surface area contributed by atoms with Crippen molar-refractivity contribution in [2.45, 2.75) is 31.7 Å². The monoisotopic (exact) mass is 277 g/mol. The molecule has 0 bridgehead atoms. The number of ether oxygens (including phenoxy) is 1. The minimum atomic E-state index is -0.200. The van der Waals surface area contributed by atoms with Crippen LogP contribution < -0.4 is 21.1 Å². The average molecular weight is 277 g/mol. The Balaban J connectivity index is 1.80. The van der Waals surface area contributed by atoms with Gasteiger partial charge in [-0.1, -0.05) is 18.6 Å². The van der Waals surface area contributed by atoms with E-state index in [-0.39, 0.29) is 12.1 Å². The van der Waals surface area contributed by atoms with E-state index < -0.39 is 0 Å². The second kappa shape index (κ2) is 7.14. The summed E-state index contributed by atoms with van der Waals surface area (Å²) in [6, 6.07) is 7.44. The molecular weight excluding hydrogens is 254 g/mol. The van der Waals surface area contributed by atoms with Gasteiger partial charge in [0, 0.05) is 12.6 Å². The lowest BCUT2D eigenvalue weighted by molar-refractivity contribution is 0.245. The number of rotatable bonds is 4. The molecule has 0 aromatic heterocycles. The van der Waals surface area contributed by atoms with Crippen molar-refractivity contribution in [3.8, 4) is 5.75 Å². The maximum Gasteiger partial charge on any atom is 0.319 e. The minimum absolute atomic E-state index is 0.200. The zero-order valence-electron chi connectivity index (χ0n) is 11.9. The molecule has 1 aliphatic rings. The van der Waals surface area contributed by atoms with Crippen LogP contribution in [0.15, 0.2) is 24.3 Å². The van der Waals surface area contributed by atoms with Gasteiger partial charge in [-0.2, -0.15) is 0 Å². The fourth-order valence-corrected chi connectivity index (χ4v) is 2.67. The van der Waals surface area contributed by atoms with E-state index in [0.29, 0.717) is 23.9 Å². The summed E-state index contributed by atoms with van der Waals surface area (Å²) in [6.45, 7) is 0.675. The number of amides is 2. The Kier molecular flexibility index (Phi) is 5.24. The summed E-state index contributed by atoms with van der Waals surface area (Å²) in [5.41, 5.74) is 6.62. The van der Waals surface area contributed by atoms with Crippen LogP contribution in [0.5, 0.6) is 5.75 Å². The first-order valence-electron chi connectivity index (χ1n) is 7.12. The SMILES string of the molecule is COc1ccccc1NC(=O)NCC1CCCC(N)C1. The van der Waals surface area contributed by atoms with Crippen molar-refractivity contribution in [3.63, 3.8) is 0 Å². The molecule has 4 N–H and O–H groups in total. The summed E-state index contributed by atoms with van der Waals surface area (Å²) in [6.07, 6.45) is 4.39. The van der Waals surface area contributed by atoms with Gasteiger partial charge in [-0.25, -0.2) is 4.79 Å². The summed E-state index contributed by atoms with van der Waals surface area (Å²) < 4.78 is 5.20. The molecule has 0 spiro atoms. The number of hydrogen-bond donors (Lipinski definition) is 3. The minimum Gasteiger partial charge on any atom is -0.495 e. The molecule has 2 unspecified atom stereocenters. The number of para-hydroxylation sites is 2. The molecule has 0 heterocycles. The van der Waals surface area contributed by atoms with E-state index >= 15 is 0 Å². The summed E-state index contributed by atoms with van der Waals surface area (Å²) in [4.78, 5) is 11.9. The molecule has 5 heteroatoms. The van der Waals surface area contributed by atoms with Gasteiger partial charge in [-0.15, -0.1) is 0 Å². The molecule has 1 aromatic rings. The van der Waals surface area contributed by atoms with Crippen molar-refractivity contribution < 1.29 is 9.53 Å². The van der Waals surface area contributed by atoms with Gasteiger partial charge in [0.05, 0.1) is 12.8 Å². The quantitative estimate of drug-likeness (QED) is 0.790. The van der Waals surface area contributed by atoms with Crippen molar-refractivity contribution in [2.24, 2.45) is 11.7 Å². The Hall–Kier alpha value is -1.75. The van der Waals surface area contributed by atoms with Gasteiger partial charge in [0.2, 0.25) is 0 Å². The second-order valence-electron chi connectivity index (χ2n) is 5.33. The van der Waals surface area contributed by atoms with Gasteiger partial charge in [0.25, 0.3) is 0 Å². The van der Waals surface area contributed by atoms with E-state index in [9.17, 15) is 4.79 Å². The molecule has 1 saturated carbocycles. The Morgan fingerprint density at radius 3 is 2.95 bits per heavy atom. The average Bonchev–Trinajstić information content (AvgIpc) is 2.46. The summed E-state index contributed by atoms with van der Waals surface area (Å²) in [5.74, 6) is 1.14. The highest BCUT2D eigenvalue weighted by Crippen LogP contribution is 2.24. The highest BCUT2D eigenvalue weighted by atomic mass is 16.5. The molecule has 110 valence electrons. The largest absolute Gasteiger partial charge is 0.495 e. The van der Waals surface area contributed by atoms with Crippen LogP contribution in [0.2, 0.25) is 0 Å². The van der Waals surface area contributed by atoms with Crippen molar-refractivity contribution >= 4 is 11.7 Å². The predicted molar refractivity (Wildman–Crippen MR) is 79.9 cm³/mol. The molecule has 1 aromatic carbocycles. The number of carbonyl (C=O) groups is 1. The first-order valence-corrected chi connectivity index (χ1v) is 7.12. The number of anilines is 1.